The molecule has 0 spiro atoms. The van der Waals surface area contributed by atoms with Crippen molar-refractivity contribution in [1.82, 2.24) is 9.55 Å². The zero-order valence-electron chi connectivity index (χ0n) is 8.38. The Balaban J connectivity index is 2.31. The number of alkyl halides is 1. The number of benzene rings is 1. The number of rotatable bonds is 2. The van der Waals surface area contributed by atoms with Crippen LogP contribution < -0.4 is 0 Å². The highest BCUT2D eigenvalue weighted by molar-refractivity contribution is 9.10. The van der Waals surface area contributed by atoms with Gasteiger partial charge >= 0.3 is 0 Å². The van der Waals surface area contributed by atoms with Crippen molar-refractivity contribution in [2.75, 3.05) is 0 Å². The molecule has 1 aliphatic carbocycles. The van der Waals surface area contributed by atoms with Gasteiger partial charge in [0.05, 0.1) is 21.4 Å². The summed E-state index contributed by atoms with van der Waals surface area (Å²) in [7, 11) is 0. The molecule has 0 N–H and O–H groups in total. The van der Waals surface area contributed by atoms with Crippen LogP contribution in [0.25, 0.3) is 11.0 Å². The first-order chi connectivity index (χ1) is 7.70. The fourth-order valence-corrected chi connectivity index (χ4v) is 2.49. The molecule has 0 saturated heterocycles. The summed E-state index contributed by atoms with van der Waals surface area (Å²) in [4.78, 5) is 4.36. The number of nitrogens with zero attached hydrogens (tertiary/aromatic N) is 2. The van der Waals surface area contributed by atoms with E-state index < -0.39 is 0 Å². The quantitative estimate of drug-likeness (QED) is 0.766. The number of halogens is 3. The van der Waals surface area contributed by atoms with Gasteiger partial charge in [-0.05, 0) is 34.8 Å². The molecule has 0 radical (unpaired) electrons. The molecule has 1 saturated carbocycles. The topological polar surface area (TPSA) is 17.8 Å². The molecule has 0 bridgehead atoms. The predicted octanol–water partition coefficient (Wildman–Crippen LogP) is 4.01. The van der Waals surface area contributed by atoms with Crippen LogP contribution in [0.3, 0.4) is 0 Å². The van der Waals surface area contributed by atoms with Crippen LogP contribution in [-0.2, 0) is 5.88 Å². The molecule has 0 unspecified atom stereocenters. The van der Waals surface area contributed by atoms with Crippen LogP contribution >= 0.6 is 27.5 Å². The zero-order chi connectivity index (χ0) is 11.3. The lowest BCUT2D eigenvalue weighted by atomic mass is 10.3. The molecule has 1 aromatic heterocycles. The number of imidazole rings is 1. The first-order valence-corrected chi connectivity index (χ1v) is 6.45. The molecule has 1 aliphatic rings. The van der Waals surface area contributed by atoms with Crippen LogP contribution in [0.5, 0.6) is 0 Å². The Morgan fingerprint density at radius 1 is 1.50 bits per heavy atom. The standard InChI is InChI=1S/C11H9BrClFN2/c12-7-3-10-9(4-8(7)14)15-11(5-13)16(10)6-1-2-6/h3-4,6H,1-2,5H2. The van der Waals surface area contributed by atoms with Gasteiger partial charge in [0, 0.05) is 12.1 Å². The number of aromatic nitrogens is 2. The molecule has 2 nitrogen and oxygen atoms in total. The van der Waals surface area contributed by atoms with Crippen molar-refractivity contribution >= 4 is 38.6 Å². The second kappa shape index (κ2) is 3.70. The lowest BCUT2D eigenvalue weighted by Gasteiger charge is -2.05. The highest BCUT2D eigenvalue weighted by Gasteiger charge is 2.28. The molecule has 16 heavy (non-hydrogen) atoms. The van der Waals surface area contributed by atoms with Crippen molar-refractivity contribution in [1.29, 1.82) is 0 Å². The van der Waals surface area contributed by atoms with Crippen LogP contribution in [0.1, 0.15) is 24.7 Å². The predicted molar refractivity (Wildman–Crippen MR) is 65.2 cm³/mol. The Kier molecular flexibility index (Phi) is 2.44. The average molecular weight is 304 g/mol. The van der Waals surface area contributed by atoms with Crippen LogP contribution in [0.4, 0.5) is 4.39 Å². The van der Waals surface area contributed by atoms with Crippen LogP contribution in [0.15, 0.2) is 16.6 Å². The van der Waals surface area contributed by atoms with Crippen molar-refractivity contribution in [3.8, 4) is 0 Å². The first kappa shape index (κ1) is 10.5. The van der Waals surface area contributed by atoms with Gasteiger partial charge < -0.3 is 4.57 Å². The van der Waals surface area contributed by atoms with Crippen molar-refractivity contribution < 1.29 is 4.39 Å². The van der Waals surface area contributed by atoms with Crippen LogP contribution in [-0.4, -0.2) is 9.55 Å². The van der Waals surface area contributed by atoms with E-state index in [0.29, 0.717) is 21.9 Å². The highest BCUT2D eigenvalue weighted by Crippen LogP contribution is 2.39. The van der Waals surface area contributed by atoms with E-state index in [2.05, 4.69) is 25.5 Å². The minimum absolute atomic E-state index is 0.283. The summed E-state index contributed by atoms with van der Waals surface area (Å²) in [5.74, 6) is 0.912. The molecule has 2 aromatic rings. The molecule has 1 fully saturated rings. The largest absolute Gasteiger partial charge is 0.324 e. The van der Waals surface area contributed by atoms with Crippen LogP contribution in [0, 0.1) is 5.82 Å². The normalized spacial score (nSPS) is 15.9. The Bertz CT molecular complexity index is 563. The minimum Gasteiger partial charge on any atom is -0.324 e. The van der Waals surface area contributed by atoms with E-state index in [4.69, 9.17) is 11.6 Å². The molecule has 0 atom stereocenters. The Labute approximate surface area is 106 Å². The fraction of sp³-hybridized carbons (Fsp3) is 0.364. The SMILES string of the molecule is Fc1cc2nc(CCl)n(C3CC3)c2cc1Br. The molecule has 0 aliphatic heterocycles. The summed E-state index contributed by atoms with van der Waals surface area (Å²) in [6.07, 6.45) is 2.31. The van der Waals surface area contributed by atoms with Crippen LogP contribution in [0.2, 0.25) is 0 Å². The second-order valence-electron chi connectivity index (χ2n) is 4.02. The molecule has 0 amide bonds. The summed E-state index contributed by atoms with van der Waals surface area (Å²) >= 11 is 9.07. The second-order valence-corrected chi connectivity index (χ2v) is 5.14. The van der Waals surface area contributed by atoms with E-state index in [1.165, 1.54) is 6.07 Å². The van der Waals surface area contributed by atoms with Gasteiger partial charge in [0.15, 0.2) is 0 Å². The maximum atomic E-state index is 13.4. The van der Waals surface area contributed by atoms with Gasteiger partial charge in [0.1, 0.15) is 11.6 Å². The third-order valence-corrected chi connectivity index (χ3v) is 3.68. The van der Waals surface area contributed by atoms with E-state index in [-0.39, 0.29) is 5.82 Å². The Hall–Kier alpha value is -0.610. The van der Waals surface area contributed by atoms with E-state index in [1.807, 2.05) is 0 Å². The lowest BCUT2D eigenvalue weighted by molar-refractivity contribution is 0.622. The van der Waals surface area contributed by atoms with Gasteiger partial charge in [0.2, 0.25) is 0 Å². The zero-order valence-corrected chi connectivity index (χ0v) is 10.7. The third kappa shape index (κ3) is 1.55. The van der Waals surface area contributed by atoms with Gasteiger partial charge in [-0.25, -0.2) is 9.37 Å². The fourth-order valence-electron chi connectivity index (χ4n) is 1.97. The van der Waals surface area contributed by atoms with Gasteiger partial charge in [-0.1, -0.05) is 0 Å². The minimum atomic E-state index is -0.283. The van der Waals surface area contributed by atoms with E-state index in [9.17, 15) is 4.39 Å². The van der Waals surface area contributed by atoms with Crippen molar-refractivity contribution in [2.45, 2.75) is 24.8 Å². The number of hydrogen-bond donors (Lipinski definition) is 0. The summed E-state index contributed by atoms with van der Waals surface area (Å²) < 4.78 is 16.0. The molecule has 3 rings (SSSR count). The molecule has 84 valence electrons. The Morgan fingerprint density at radius 3 is 2.88 bits per heavy atom. The number of hydrogen-bond acceptors (Lipinski definition) is 1. The number of fused-ring (bicyclic) bond motifs is 1. The molecular formula is C11H9BrClFN2. The molecule has 1 aromatic carbocycles. The summed E-state index contributed by atoms with van der Waals surface area (Å²) in [5, 5.41) is 0. The summed E-state index contributed by atoms with van der Waals surface area (Å²) in [5.41, 5.74) is 1.65. The van der Waals surface area contributed by atoms with Crippen molar-refractivity contribution in [3.63, 3.8) is 0 Å². The van der Waals surface area contributed by atoms with Gasteiger partial charge in [-0.15, -0.1) is 11.6 Å². The maximum absolute atomic E-state index is 13.4. The smallest absolute Gasteiger partial charge is 0.139 e. The maximum Gasteiger partial charge on any atom is 0.139 e. The van der Waals surface area contributed by atoms with Gasteiger partial charge in [-0.3, -0.25) is 0 Å². The Morgan fingerprint density at radius 2 is 2.25 bits per heavy atom. The van der Waals surface area contributed by atoms with Gasteiger partial charge in [-0.2, -0.15) is 0 Å². The lowest BCUT2D eigenvalue weighted by Crippen LogP contribution is -1.98. The first-order valence-electron chi connectivity index (χ1n) is 5.12. The van der Waals surface area contributed by atoms with Crippen molar-refractivity contribution in [2.24, 2.45) is 0 Å². The average Bonchev–Trinajstić information content (AvgIpc) is 3.03. The summed E-state index contributed by atoms with van der Waals surface area (Å²) in [6, 6.07) is 3.73. The van der Waals surface area contributed by atoms with Gasteiger partial charge in [0.25, 0.3) is 0 Å². The molecular weight excluding hydrogens is 294 g/mol. The van der Waals surface area contributed by atoms with Crippen molar-refractivity contribution in [3.05, 3.63) is 28.2 Å². The monoisotopic (exact) mass is 302 g/mol. The summed E-state index contributed by atoms with van der Waals surface area (Å²) in [6.45, 7) is 0. The van der Waals surface area contributed by atoms with E-state index in [0.717, 1.165) is 24.2 Å². The third-order valence-electron chi connectivity index (χ3n) is 2.84. The van der Waals surface area contributed by atoms with E-state index in [1.54, 1.807) is 6.07 Å². The van der Waals surface area contributed by atoms with E-state index >= 15 is 0 Å². The molecule has 1 heterocycles. The molecule has 5 heteroatoms. The highest BCUT2D eigenvalue weighted by atomic mass is 79.9.